The lowest BCUT2D eigenvalue weighted by Gasteiger charge is -2.36. The van der Waals surface area contributed by atoms with Gasteiger partial charge >= 0.3 is 5.97 Å². The first-order valence-electron chi connectivity index (χ1n) is 10.2. The van der Waals surface area contributed by atoms with Crippen LogP contribution < -0.4 is 0 Å². The van der Waals surface area contributed by atoms with Gasteiger partial charge in [0.25, 0.3) is 0 Å². The Kier molecular flexibility index (Phi) is 6.52. The fourth-order valence-electron chi connectivity index (χ4n) is 3.79. The highest BCUT2D eigenvalue weighted by Gasteiger charge is 2.33. The molecule has 1 saturated heterocycles. The van der Waals surface area contributed by atoms with E-state index in [4.69, 9.17) is 14.6 Å². The summed E-state index contributed by atoms with van der Waals surface area (Å²) < 4.78 is 12.5. The summed E-state index contributed by atoms with van der Waals surface area (Å²) in [5.74, 6) is -0.651. The fourth-order valence-corrected chi connectivity index (χ4v) is 3.79. The van der Waals surface area contributed by atoms with Gasteiger partial charge in [0, 0.05) is 30.3 Å². The number of carboxylic acid groups (broad SMARTS) is 1. The van der Waals surface area contributed by atoms with Crippen molar-refractivity contribution in [2.24, 2.45) is 5.92 Å². The van der Waals surface area contributed by atoms with Crippen molar-refractivity contribution in [2.45, 2.75) is 31.7 Å². The number of ether oxygens (including phenoxy) is 2. The average molecular weight is 403 g/mol. The molecule has 4 rings (SSSR count). The molecule has 0 spiro atoms. The van der Waals surface area contributed by atoms with E-state index in [-0.39, 0.29) is 18.4 Å². The van der Waals surface area contributed by atoms with Crippen LogP contribution in [0.25, 0.3) is 10.8 Å². The molecule has 2 aromatic carbocycles. The summed E-state index contributed by atoms with van der Waals surface area (Å²) in [5.41, 5.74) is 2.02. The smallest absolute Gasteiger partial charge is 0.303 e. The largest absolute Gasteiger partial charge is 0.481 e. The Morgan fingerprint density at radius 2 is 1.93 bits per heavy atom. The number of fused-ring (bicyclic) bond motifs is 1. The summed E-state index contributed by atoms with van der Waals surface area (Å²) >= 11 is 0. The van der Waals surface area contributed by atoms with Crippen molar-refractivity contribution in [3.8, 4) is 0 Å². The minimum absolute atomic E-state index is 0.131. The van der Waals surface area contributed by atoms with E-state index in [2.05, 4.69) is 35.3 Å². The molecule has 2 heterocycles. The Morgan fingerprint density at radius 3 is 2.73 bits per heavy atom. The quantitative estimate of drug-likeness (QED) is 0.531. The van der Waals surface area contributed by atoms with Gasteiger partial charge < -0.3 is 14.6 Å². The number of nitrogens with zero attached hydrogens (tertiary/aromatic N) is 1. The number of aromatic nitrogens is 1. The highest BCUT2D eigenvalue weighted by molar-refractivity contribution is 5.83. The van der Waals surface area contributed by atoms with E-state index in [1.807, 2.05) is 42.6 Å². The monoisotopic (exact) mass is 403 g/mol. The summed E-state index contributed by atoms with van der Waals surface area (Å²) in [7, 11) is 0. The summed E-state index contributed by atoms with van der Waals surface area (Å²) in [6, 6.07) is 18.4. The van der Waals surface area contributed by atoms with Crippen molar-refractivity contribution in [3.63, 3.8) is 0 Å². The lowest BCUT2D eigenvalue weighted by molar-refractivity contribution is -0.243. The zero-order chi connectivity index (χ0) is 20.8. The Labute approximate surface area is 176 Å². The third-order valence-electron chi connectivity index (χ3n) is 5.35. The second-order valence-corrected chi connectivity index (χ2v) is 7.51. The average Bonchev–Trinajstić information content (AvgIpc) is 2.79. The van der Waals surface area contributed by atoms with Crippen molar-refractivity contribution in [1.29, 1.82) is 0 Å². The van der Waals surface area contributed by atoms with E-state index in [1.54, 1.807) is 6.20 Å². The Balaban J connectivity index is 1.51. The number of pyridine rings is 1. The van der Waals surface area contributed by atoms with E-state index >= 15 is 0 Å². The Morgan fingerprint density at radius 1 is 1.07 bits per heavy atom. The van der Waals surface area contributed by atoms with Crippen LogP contribution in [0.1, 0.15) is 42.8 Å². The van der Waals surface area contributed by atoms with Crippen molar-refractivity contribution in [1.82, 2.24) is 4.98 Å². The molecule has 1 N–H and O–H groups in total. The number of benzene rings is 2. The predicted molar refractivity (Wildman–Crippen MR) is 115 cm³/mol. The number of carbonyl (C=O) groups is 1. The van der Waals surface area contributed by atoms with Crippen LogP contribution in [-0.2, 0) is 14.3 Å². The maximum atomic E-state index is 10.7. The minimum Gasteiger partial charge on any atom is -0.481 e. The van der Waals surface area contributed by atoms with Gasteiger partial charge in [-0.2, -0.15) is 0 Å². The molecule has 154 valence electrons. The molecule has 5 nitrogen and oxygen atoms in total. The highest BCUT2D eigenvalue weighted by Crippen LogP contribution is 2.40. The molecule has 0 saturated carbocycles. The van der Waals surface area contributed by atoms with Crippen LogP contribution in [0.4, 0.5) is 0 Å². The SMILES string of the molecule is O=C(O)CC/C=C\C[C@@H]1CO[C@H](c2ccc3ccccc3c2)O[C@@H]1c1cccnc1. The van der Waals surface area contributed by atoms with Gasteiger partial charge in [-0.15, -0.1) is 0 Å². The third-order valence-corrected chi connectivity index (χ3v) is 5.35. The number of hydrogen-bond acceptors (Lipinski definition) is 4. The first-order valence-corrected chi connectivity index (χ1v) is 10.2. The third kappa shape index (κ3) is 4.93. The predicted octanol–water partition coefficient (Wildman–Crippen LogP) is 5.45. The normalized spacial score (nSPS) is 21.8. The molecule has 0 amide bonds. The molecule has 1 aromatic heterocycles. The molecule has 0 unspecified atom stereocenters. The molecule has 0 aliphatic carbocycles. The summed E-state index contributed by atoms with van der Waals surface area (Å²) in [6.45, 7) is 0.556. The van der Waals surface area contributed by atoms with E-state index in [9.17, 15) is 4.79 Å². The van der Waals surface area contributed by atoms with Crippen LogP contribution in [-0.4, -0.2) is 22.7 Å². The van der Waals surface area contributed by atoms with Crippen molar-refractivity contribution >= 4 is 16.7 Å². The second kappa shape index (κ2) is 9.65. The number of rotatable bonds is 7. The van der Waals surface area contributed by atoms with Crippen LogP contribution in [0.5, 0.6) is 0 Å². The van der Waals surface area contributed by atoms with Gasteiger partial charge in [-0.05, 0) is 41.3 Å². The topological polar surface area (TPSA) is 68.7 Å². The van der Waals surface area contributed by atoms with Gasteiger partial charge in [-0.25, -0.2) is 0 Å². The maximum Gasteiger partial charge on any atom is 0.303 e. The van der Waals surface area contributed by atoms with Crippen LogP contribution in [0.2, 0.25) is 0 Å². The zero-order valence-electron chi connectivity index (χ0n) is 16.7. The molecule has 3 aromatic rings. The first kappa shape index (κ1) is 20.3. The fraction of sp³-hybridized carbons (Fsp3) is 0.280. The molecule has 1 fully saturated rings. The second-order valence-electron chi connectivity index (χ2n) is 7.51. The Bertz CT molecular complexity index is 1020. The molecule has 1 aliphatic heterocycles. The van der Waals surface area contributed by atoms with Crippen LogP contribution in [0.3, 0.4) is 0 Å². The van der Waals surface area contributed by atoms with Gasteiger partial charge in [0.1, 0.15) is 0 Å². The minimum atomic E-state index is -0.782. The van der Waals surface area contributed by atoms with E-state index in [0.29, 0.717) is 13.0 Å². The molecule has 5 heteroatoms. The number of aliphatic carboxylic acids is 1. The van der Waals surface area contributed by atoms with Gasteiger partial charge in [0.05, 0.1) is 12.7 Å². The number of allylic oxidation sites excluding steroid dienone is 2. The van der Waals surface area contributed by atoms with Gasteiger partial charge in [-0.3, -0.25) is 9.78 Å². The molecule has 3 atom stereocenters. The first-order chi connectivity index (χ1) is 14.7. The van der Waals surface area contributed by atoms with Crippen LogP contribution in [0.15, 0.2) is 79.1 Å². The standard InChI is InChI=1S/C25H25NO4/c27-23(28)11-3-1-2-9-22-17-29-25(30-24(22)21-10-6-14-26-16-21)20-13-12-18-7-4-5-8-19(18)15-20/h1-2,4-8,10,12-16,22,24-25H,3,9,11,17H2,(H,27,28)/b2-1-/t22-,24-,25+/m1/s1. The maximum absolute atomic E-state index is 10.7. The molecule has 0 bridgehead atoms. The zero-order valence-corrected chi connectivity index (χ0v) is 16.7. The molecule has 0 radical (unpaired) electrons. The lowest BCUT2D eigenvalue weighted by atomic mass is 9.92. The summed E-state index contributed by atoms with van der Waals surface area (Å²) in [4.78, 5) is 14.9. The van der Waals surface area contributed by atoms with E-state index < -0.39 is 12.3 Å². The van der Waals surface area contributed by atoms with E-state index in [0.717, 1.165) is 22.9 Å². The van der Waals surface area contributed by atoms with Gasteiger partial charge in [0.15, 0.2) is 6.29 Å². The van der Waals surface area contributed by atoms with Crippen molar-refractivity contribution < 1.29 is 19.4 Å². The van der Waals surface area contributed by atoms with Crippen LogP contribution in [0, 0.1) is 5.92 Å². The molecule has 30 heavy (non-hydrogen) atoms. The van der Waals surface area contributed by atoms with E-state index in [1.165, 1.54) is 5.39 Å². The van der Waals surface area contributed by atoms with Crippen LogP contribution >= 0.6 is 0 Å². The number of hydrogen-bond donors (Lipinski definition) is 1. The van der Waals surface area contributed by atoms with Gasteiger partial charge in [-0.1, -0.05) is 54.6 Å². The van der Waals surface area contributed by atoms with Gasteiger partial charge in [0.2, 0.25) is 0 Å². The molecular weight excluding hydrogens is 378 g/mol. The molecule has 1 aliphatic rings. The Hall–Kier alpha value is -3.02. The molecular formula is C25H25NO4. The van der Waals surface area contributed by atoms with Crippen molar-refractivity contribution in [3.05, 3.63) is 90.3 Å². The summed E-state index contributed by atoms with van der Waals surface area (Å²) in [5, 5.41) is 11.1. The lowest BCUT2D eigenvalue weighted by Crippen LogP contribution is -2.30. The number of carboxylic acids is 1. The summed E-state index contributed by atoms with van der Waals surface area (Å²) in [6.07, 6.45) is 8.39. The highest BCUT2D eigenvalue weighted by atomic mass is 16.7. The van der Waals surface area contributed by atoms with Crippen molar-refractivity contribution in [2.75, 3.05) is 6.61 Å².